The van der Waals surface area contributed by atoms with E-state index in [0.717, 1.165) is 32.4 Å². The molecule has 1 aromatic carbocycles. The van der Waals surface area contributed by atoms with Gasteiger partial charge in [-0.05, 0) is 37.3 Å². The first-order valence-corrected chi connectivity index (χ1v) is 7.23. The Morgan fingerprint density at radius 3 is 3.16 bits per heavy atom. The summed E-state index contributed by atoms with van der Waals surface area (Å²) in [5, 5.41) is 3.41. The molecule has 0 saturated carbocycles. The molecule has 3 rings (SSSR count). The van der Waals surface area contributed by atoms with Crippen molar-refractivity contribution in [2.75, 3.05) is 19.7 Å². The molecule has 3 nitrogen and oxygen atoms in total. The standard InChI is InChI=1S/C16H21NO2/c1-2-19-15(18)14-10-17-11-16(14)9-5-7-12-6-3-4-8-13(12)16/h3-4,6,8,14,17H,2,5,7,9-11H2,1H3. The summed E-state index contributed by atoms with van der Waals surface area (Å²) in [5.74, 6) is -0.0712. The number of benzene rings is 1. The summed E-state index contributed by atoms with van der Waals surface area (Å²) in [6.07, 6.45) is 3.38. The topological polar surface area (TPSA) is 38.3 Å². The van der Waals surface area contributed by atoms with E-state index in [4.69, 9.17) is 4.74 Å². The second-order valence-corrected chi connectivity index (χ2v) is 5.60. The highest BCUT2D eigenvalue weighted by atomic mass is 16.5. The molecule has 102 valence electrons. The van der Waals surface area contributed by atoms with Crippen LogP contribution in [0.5, 0.6) is 0 Å². The van der Waals surface area contributed by atoms with E-state index in [1.54, 1.807) is 0 Å². The van der Waals surface area contributed by atoms with E-state index in [9.17, 15) is 4.79 Å². The van der Waals surface area contributed by atoms with Gasteiger partial charge >= 0.3 is 5.97 Å². The van der Waals surface area contributed by atoms with Crippen LogP contribution >= 0.6 is 0 Å². The molecule has 1 spiro atoms. The summed E-state index contributed by atoms with van der Waals surface area (Å²) in [5.41, 5.74) is 2.73. The van der Waals surface area contributed by atoms with Crippen molar-refractivity contribution < 1.29 is 9.53 Å². The Balaban J connectivity index is 2.01. The molecule has 1 aliphatic carbocycles. The number of hydrogen-bond acceptors (Lipinski definition) is 3. The molecule has 0 amide bonds. The zero-order valence-electron chi connectivity index (χ0n) is 11.4. The van der Waals surface area contributed by atoms with Gasteiger partial charge in [0.15, 0.2) is 0 Å². The highest BCUT2D eigenvalue weighted by molar-refractivity contribution is 5.76. The molecular formula is C16H21NO2. The number of fused-ring (bicyclic) bond motifs is 2. The van der Waals surface area contributed by atoms with Gasteiger partial charge in [-0.15, -0.1) is 0 Å². The van der Waals surface area contributed by atoms with Gasteiger partial charge in [-0.1, -0.05) is 24.3 Å². The van der Waals surface area contributed by atoms with Gasteiger partial charge < -0.3 is 10.1 Å². The van der Waals surface area contributed by atoms with Crippen LogP contribution in [0.25, 0.3) is 0 Å². The molecule has 2 atom stereocenters. The number of carbonyl (C=O) groups excluding carboxylic acids is 1. The molecule has 0 bridgehead atoms. The maximum Gasteiger partial charge on any atom is 0.311 e. The maximum absolute atomic E-state index is 12.3. The number of hydrogen-bond donors (Lipinski definition) is 1. The lowest BCUT2D eigenvalue weighted by molar-refractivity contribution is -0.149. The van der Waals surface area contributed by atoms with E-state index in [1.165, 1.54) is 11.1 Å². The molecular weight excluding hydrogens is 238 g/mol. The highest BCUT2D eigenvalue weighted by Gasteiger charge is 2.50. The first kappa shape index (κ1) is 12.7. The zero-order chi connectivity index (χ0) is 13.3. The number of esters is 1. The van der Waals surface area contributed by atoms with Crippen molar-refractivity contribution in [3.8, 4) is 0 Å². The molecule has 1 N–H and O–H groups in total. The molecule has 3 heteroatoms. The average Bonchev–Trinajstić information content (AvgIpc) is 2.84. The van der Waals surface area contributed by atoms with Crippen molar-refractivity contribution in [2.45, 2.75) is 31.6 Å². The van der Waals surface area contributed by atoms with Crippen LogP contribution in [-0.4, -0.2) is 25.7 Å². The predicted molar refractivity (Wildman–Crippen MR) is 74.1 cm³/mol. The Morgan fingerprint density at radius 1 is 1.47 bits per heavy atom. The third kappa shape index (κ3) is 1.96. The monoisotopic (exact) mass is 259 g/mol. The highest BCUT2D eigenvalue weighted by Crippen LogP contribution is 2.45. The predicted octanol–water partition coefficient (Wildman–Crippen LogP) is 2.04. The Morgan fingerprint density at radius 2 is 2.32 bits per heavy atom. The van der Waals surface area contributed by atoms with Gasteiger partial charge in [0.05, 0.1) is 12.5 Å². The molecule has 0 aromatic heterocycles. The normalized spacial score (nSPS) is 29.2. The van der Waals surface area contributed by atoms with E-state index in [0.29, 0.717) is 6.61 Å². The summed E-state index contributed by atoms with van der Waals surface area (Å²) >= 11 is 0. The van der Waals surface area contributed by atoms with Crippen LogP contribution in [0.1, 0.15) is 30.9 Å². The molecule has 0 radical (unpaired) electrons. The fourth-order valence-corrected chi connectivity index (χ4v) is 3.81. The van der Waals surface area contributed by atoms with Gasteiger partial charge in [-0.25, -0.2) is 0 Å². The molecule has 1 aliphatic heterocycles. The molecule has 19 heavy (non-hydrogen) atoms. The number of rotatable bonds is 2. The van der Waals surface area contributed by atoms with Crippen LogP contribution in [-0.2, 0) is 21.4 Å². The second-order valence-electron chi connectivity index (χ2n) is 5.60. The first-order valence-electron chi connectivity index (χ1n) is 7.23. The van der Waals surface area contributed by atoms with Gasteiger partial charge in [0.1, 0.15) is 0 Å². The van der Waals surface area contributed by atoms with E-state index < -0.39 is 0 Å². The quantitative estimate of drug-likeness (QED) is 0.826. The Kier molecular flexibility index (Phi) is 3.31. The van der Waals surface area contributed by atoms with Gasteiger partial charge in [0, 0.05) is 18.5 Å². The molecule has 1 heterocycles. The van der Waals surface area contributed by atoms with Crippen molar-refractivity contribution in [2.24, 2.45) is 5.92 Å². The zero-order valence-corrected chi connectivity index (χ0v) is 11.4. The minimum Gasteiger partial charge on any atom is -0.466 e. The Bertz CT molecular complexity index is 485. The Labute approximate surface area is 114 Å². The van der Waals surface area contributed by atoms with Crippen molar-refractivity contribution in [1.29, 1.82) is 0 Å². The average molecular weight is 259 g/mol. The summed E-state index contributed by atoms with van der Waals surface area (Å²) in [4.78, 5) is 12.3. The van der Waals surface area contributed by atoms with E-state index in [1.807, 2.05) is 6.92 Å². The van der Waals surface area contributed by atoms with Crippen LogP contribution in [0, 0.1) is 5.92 Å². The number of carbonyl (C=O) groups is 1. The van der Waals surface area contributed by atoms with E-state index in [2.05, 4.69) is 29.6 Å². The SMILES string of the molecule is CCOC(=O)C1CNCC12CCCc1ccccc12. The van der Waals surface area contributed by atoms with Crippen molar-refractivity contribution >= 4 is 5.97 Å². The van der Waals surface area contributed by atoms with Crippen LogP contribution in [0.15, 0.2) is 24.3 Å². The van der Waals surface area contributed by atoms with Gasteiger partial charge in [0.25, 0.3) is 0 Å². The minimum atomic E-state index is -0.0406. The third-order valence-electron chi connectivity index (χ3n) is 4.65. The van der Waals surface area contributed by atoms with Gasteiger partial charge in [0.2, 0.25) is 0 Å². The lowest BCUT2D eigenvalue weighted by atomic mass is 9.64. The van der Waals surface area contributed by atoms with E-state index in [-0.39, 0.29) is 17.3 Å². The van der Waals surface area contributed by atoms with E-state index >= 15 is 0 Å². The first-order chi connectivity index (χ1) is 9.28. The lowest BCUT2D eigenvalue weighted by Gasteiger charge is -2.39. The third-order valence-corrected chi connectivity index (χ3v) is 4.65. The van der Waals surface area contributed by atoms with Crippen molar-refractivity contribution in [1.82, 2.24) is 5.32 Å². The number of aryl methyl sites for hydroxylation is 1. The van der Waals surface area contributed by atoms with Crippen LogP contribution in [0.2, 0.25) is 0 Å². The second kappa shape index (κ2) is 4.97. The van der Waals surface area contributed by atoms with Gasteiger partial charge in [-0.2, -0.15) is 0 Å². The molecule has 1 saturated heterocycles. The summed E-state index contributed by atoms with van der Waals surface area (Å²) < 4.78 is 5.29. The van der Waals surface area contributed by atoms with Crippen LogP contribution < -0.4 is 5.32 Å². The minimum absolute atomic E-state index is 0.0334. The summed E-state index contributed by atoms with van der Waals surface area (Å²) in [7, 11) is 0. The number of nitrogens with one attached hydrogen (secondary N) is 1. The van der Waals surface area contributed by atoms with Crippen LogP contribution in [0.3, 0.4) is 0 Å². The maximum atomic E-state index is 12.3. The fourth-order valence-electron chi connectivity index (χ4n) is 3.81. The number of ether oxygens (including phenoxy) is 1. The van der Waals surface area contributed by atoms with Crippen molar-refractivity contribution in [3.05, 3.63) is 35.4 Å². The van der Waals surface area contributed by atoms with Gasteiger partial charge in [-0.3, -0.25) is 4.79 Å². The Hall–Kier alpha value is -1.35. The largest absolute Gasteiger partial charge is 0.466 e. The summed E-state index contributed by atoms with van der Waals surface area (Å²) in [6, 6.07) is 8.59. The van der Waals surface area contributed by atoms with Crippen molar-refractivity contribution in [3.63, 3.8) is 0 Å². The summed E-state index contributed by atoms with van der Waals surface area (Å²) in [6.45, 7) is 3.98. The molecule has 1 aromatic rings. The molecule has 2 aliphatic rings. The molecule has 2 unspecified atom stereocenters. The lowest BCUT2D eigenvalue weighted by Crippen LogP contribution is -2.42. The fraction of sp³-hybridized carbons (Fsp3) is 0.562. The smallest absolute Gasteiger partial charge is 0.311 e. The molecule has 1 fully saturated rings. The van der Waals surface area contributed by atoms with Crippen LogP contribution in [0.4, 0.5) is 0 Å².